The standard InChI is InChI=1S/C19H19ClFN3O3/c20-16-9-13(5-8-15(16)18(22)26)23-19(27)24(14-6-7-14)10-17(25)11-1-3-12(21)4-2-11/h1-5,8-9,14,17,25H,6-7,10H2,(H2,22,26)(H,23,27)/t17-/m0/s1. The van der Waals surface area contributed by atoms with Crippen molar-refractivity contribution in [1.29, 1.82) is 0 Å². The Balaban J connectivity index is 1.69. The Bertz CT molecular complexity index is 856. The molecule has 142 valence electrons. The van der Waals surface area contributed by atoms with Crippen LogP contribution in [0.25, 0.3) is 0 Å². The molecule has 6 nitrogen and oxygen atoms in total. The first-order valence-electron chi connectivity index (χ1n) is 8.45. The highest BCUT2D eigenvalue weighted by molar-refractivity contribution is 6.34. The number of aliphatic hydroxyl groups excluding tert-OH is 1. The molecule has 1 atom stereocenters. The minimum Gasteiger partial charge on any atom is -0.387 e. The Kier molecular flexibility index (Phi) is 5.62. The summed E-state index contributed by atoms with van der Waals surface area (Å²) in [5, 5.41) is 13.3. The number of benzene rings is 2. The SMILES string of the molecule is NC(=O)c1ccc(NC(=O)N(C[C@H](O)c2ccc(F)cc2)C2CC2)cc1Cl. The second kappa shape index (κ2) is 7.94. The lowest BCUT2D eigenvalue weighted by atomic mass is 10.1. The summed E-state index contributed by atoms with van der Waals surface area (Å²) in [6.07, 6.45) is 0.772. The van der Waals surface area contributed by atoms with E-state index in [9.17, 15) is 19.1 Å². The van der Waals surface area contributed by atoms with Crippen molar-refractivity contribution in [3.8, 4) is 0 Å². The van der Waals surface area contributed by atoms with Crippen LogP contribution < -0.4 is 11.1 Å². The van der Waals surface area contributed by atoms with Gasteiger partial charge in [-0.05, 0) is 48.7 Å². The molecule has 0 saturated heterocycles. The van der Waals surface area contributed by atoms with Crippen molar-refractivity contribution < 1.29 is 19.1 Å². The van der Waals surface area contributed by atoms with Crippen molar-refractivity contribution in [3.05, 3.63) is 64.4 Å². The maximum atomic E-state index is 13.0. The van der Waals surface area contributed by atoms with Crippen LogP contribution in [-0.4, -0.2) is 34.5 Å². The molecule has 2 aromatic rings. The second-order valence-corrected chi connectivity index (χ2v) is 6.85. The molecule has 3 amide bonds. The first-order valence-corrected chi connectivity index (χ1v) is 8.83. The molecule has 0 aliphatic heterocycles. The number of aliphatic hydroxyl groups is 1. The minimum atomic E-state index is -0.933. The molecule has 1 aliphatic rings. The van der Waals surface area contributed by atoms with Gasteiger partial charge in [-0.1, -0.05) is 23.7 Å². The summed E-state index contributed by atoms with van der Waals surface area (Å²) in [5.74, 6) is -1.04. The summed E-state index contributed by atoms with van der Waals surface area (Å²) in [5.41, 5.74) is 6.32. The van der Waals surface area contributed by atoms with Crippen molar-refractivity contribution >= 4 is 29.2 Å². The summed E-state index contributed by atoms with van der Waals surface area (Å²) in [4.78, 5) is 25.4. The monoisotopic (exact) mass is 391 g/mol. The lowest BCUT2D eigenvalue weighted by Crippen LogP contribution is -2.39. The van der Waals surface area contributed by atoms with Crippen LogP contribution in [0.1, 0.15) is 34.9 Å². The number of rotatable bonds is 6. The molecule has 3 rings (SSSR count). The Morgan fingerprint density at radius 1 is 1.26 bits per heavy atom. The number of anilines is 1. The Labute approximate surface area is 160 Å². The molecule has 0 bridgehead atoms. The topological polar surface area (TPSA) is 95.7 Å². The average Bonchev–Trinajstić information content (AvgIpc) is 3.44. The maximum absolute atomic E-state index is 13.0. The van der Waals surface area contributed by atoms with Gasteiger partial charge in [0, 0.05) is 11.7 Å². The average molecular weight is 392 g/mol. The smallest absolute Gasteiger partial charge is 0.322 e. The van der Waals surface area contributed by atoms with Crippen molar-refractivity contribution in [1.82, 2.24) is 4.90 Å². The van der Waals surface area contributed by atoms with Crippen LogP contribution in [-0.2, 0) is 0 Å². The van der Waals surface area contributed by atoms with E-state index in [-0.39, 0.29) is 35.0 Å². The molecule has 1 fully saturated rings. The van der Waals surface area contributed by atoms with Gasteiger partial charge in [-0.15, -0.1) is 0 Å². The molecule has 0 heterocycles. The van der Waals surface area contributed by atoms with E-state index in [4.69, 9.17) is 17.3 Å². The van der Waals surface area contributed by atoms with Crippen LogP contribution >= 0.6 is 11.6 Å². The third-order valence-electron chi connectivity index (χ3n) is 4.36. The molecular weight excluding hydrogens is 373 g/mol. The number of amides is 3. The Hall–Kier alpha value is -2.64. The molecule has 4 N–H and O–H groups in total. The molecule has 2 aromatic carbocycles. The molecule has 0 radical (unpaired) electrons. The van der Waals surface area contributed by atoms with E-state index in [0.717, 1.165) is 12.8 Å². The van der Waals surface area contributed by atoms with Gasteiger partial charge in [-0.25, -0.2) is 9.18 Å². The van der Waals surface area contributed by atoms with Crippen LogP contribution in [0.2, 0.25) is 5.02 Å². The van der Waals surface area contributed by atoms with E-state index in [1.807, 2.05) is 0 Å². The fourth-order valence-electron chi connectivity index (χ4n) is 2.75. The van der Waals surface area contributed by atoms with Gasteiger partial charge in [0.2, 0.25) is 5.91 Å². The van der Waals surface area contributed by atoms with E-state index in [1.54, 1.807) is 4.90 Å². The molecule has 8 heteroatoms. The summed E-state index contributed by atoms with van der Waals surface area (Å²) >= 11 is 6.00. The van der Waals surface area contributed by atoms with Crippen molar-refractivity contribution in [3.63, 3.8) is 0 Å². The number of nitrogens with two attached hydrogens (primary N) is 1. The summed E-state index contributed by atoms with van der Waals surface area (Å²) < 4.78 is 13.0. The number of nitrogens with zero attached hydrogens (tertiary/aromatic N) is 1. The van der Waals surface area contributed by atoms with Crippen molar-refractivity contribution in [2.75, 3.05) is 11.9 Å². The first kappa shape index (κ1) is 19.1. The number of urea groups is 1. The summed E-state index contributed by atoms with van der Waals surface area (Å²) in [6, 6.07) is 9.59. The number of primary amides is 1. The van der Waals surface area contributed by atoms with Gasteiger partial charge >= 0.3 is 6.03 Å². The molecular formula is C19H19ClFN3O3. The predicted octanol–water partition coefficient (Wildman–Crippen LogP) is 3.31. The zero-order chi connectivity index (χ0) is 19.6. The lowest BCUT2D eigenvalue weighted by Gasteiger charge is -2.26. The van der Waals surface area contributed by atoms with Gasteiger partial charge in [0.15, 0.2) is 0 Å². The fraction of sp³-hybridized carbons (Fsp3) is 0.263. The van der Waals surface area contributed by atoms with Crippen LogP contribution in [0.3, 0.4) is 0 Å². The van der Waals surface area contributed by atoms with Crippen LogP contribution in [0.15, 0.2) is 42.5 Å². The van der Waals surface area contributed by atoms with E-state index < -0.39 is 12.0 Å². The fourth-order valence-corrected chi connectivity index (χ4v) is 3.02. The van der Waals surface area contributed by atoms with Gasteiger partial charge in [0.05, 0.1) is 23.2 Å². The van der Waals surface area contributed by atoms with E-state index in [2.05, 4.69) is 5.32 Å². The molecule has 0 aromatic heterocycles. The number of hydrogen-bond acceptors (Lipinski definition) is 3. The highest BCUT2D eigenvalue weighted by Gasteiger charge is 2.34. The van der Waals surface area contributed by atoms with Gasteiger partial charge in [-0.2, -0.15) is 0 Å². The van der Waals surface area contributed by atoms with Crippen LogP contribution in [0.4, 0.5) is 14.9 Å². The number of halogens is 2. The summed E-state index contributed by atoms with van der Waals surface area (Å²) in [7, 11) is 0. The van der Waals surface area contributed by atoms with Crippen molar-refractivity contribution in [2.45, 2.75) is 25.0 Å². The van der Waals surface area contributed by atoms with Gasteiger partial charge in [0.25, 0.3) is 0 Å². The zero-order valence-electron chi connectivity index (χ0n) is 14.4. The normalized spacial score (nSPS) is 14.5. The largest absolute Gasteiger partial charge is 0.387 e. The van der Waals surface area contributed by atoms with Crippen LogP contribution in [0.5, 0.6) is 0 Å². The Morgan fingerprint density at radius 2 is 1.93 bits per heavy atom. The highest BCUT2D eigenvalue weighted by Crippen LogP contribution is 2.30. The van der Waals surface area contributed by atoms with E-state index >= 15 is 0 Å². The first-order chi connectivity index (χ1) is 12.8. The number of nitrogens with one attached hydrogen (secondary N) is 1. The molecule has 27 heavy (non-hydrogen) atoms. The van der Waals surface area contributed by atoms with Gasteiger partial charge < -0.3 is 21.1 Å². The van der Waals surface area contributed by atoms with E-state index in [1.165, 1.54) is 42.5 Å². The third kappa shape index (κ3) is 4.75. The van der Waals surface area contributed by atoms with Crippen LogP contribution in [0, 0.1) is 5.82 Å². The third-order valence-corrected chi connectivity index (χ3v) is 4.67. The quantitative estimate of drug-likeness (QED) is 0.704. The molecule has 1 aliphatic carbocycles. The zero-order valence-corrected chi connectivity index (χ0v) is 15.1. The predicted molar refractivity (Wildman–Crippen MR) is 100 cm³/mol. The van der Waals surface area contributed by atoms with Gasteiger partial charge in [-0.3, -0.25) is 4.79 Å². The highest BCUT2D eigenvalue weighted by atomic mass is 35.5. The maximum Gasteiger partial charge on any atom is 0.322 e. The Morgan fingerprint density at radius 3 is 2.48 bits per heavy atom. The lowest BCUT2D eigenvalue weighted by molar-refractivity contribution is 0.100. The second-order valence-electron chi connectivity index (χ2n) is 6.44. The molecule has 0 spiro atoms. The van der Waals surface area contributed by atoms with Crippen molar-refractivity contribution in [2.24, 2.45) is 5.73 Å². The molecule has 0 unspecified atom stereocenters. The summed E-state index contributed by atoms with van der Waals surface area (Å²) in [6.45, 7) is 0.0786. The minimum absolute atomic E-state index is 0.0421. The number of carbonyl (C=O) groups is 2. The molecule has 1 saturated carbocycles. The van der Waals surface area contributed by atoms with E-state index in [0.29, 0.717) is 11.3 Å². The van der Waals surface area contributed by atoms with Gasteiger partial charge in [0.1, 0.15) is 5.82 Å². The number of hydrogen-bond donors (Lipinski definition) is 3. The number of carbonyl (C=O) groups excluding carboxylic acids is 2.